The van der Waals surface area contributed by atoms with E-state index in [0.29, 0.717) is 6.04 Å². The van der Waals surface area contributed by atoms with Gasteiger partial charge in [-0.15, -0.1) is 10.2 Å². The van der Waals surface area contributed by atoms with Crippen molar-refractivity contribution in [1.82, 2.24) is 20.1 Å². The first-order valence-electron chi connectivity index (χ1n) is 6.03. The Morgan fingerprint density at radius 3 is 2.63 bits per heavy atom. The summed E-state index contributed by atoms with van der Waals surface area (Å²) in [5.41, 5.74) is 1.26. The van der Waals surface area contributed by atoms with E-state index in [0.717, 1.165) is 20.3 Å². The molecular formula is C13H17BrN4S. The summed E-state index contributed by atoms with van der Waals surface area (Å²) in [7, 11) is 3.94. The molecule has 0 radical (unpaired) electrons. The fourth-order valence-corrected chi connectivity index (χ4v) is 3.09. The third kappa shape index (κ3) is 3.19. The lowest BCUT2D eigenvalue weighted by Crippen LogP contribution is -2.12. The van der Waals surface area contributed by atoms with E-state index >= 15 is 0 Å². The van der Waals surface area contributed by atoms with E-state index in [-0.39, 0.29) is 0 Å². The summed E-state index contributed by atoms with van der Waals surface area (Å²) in [6.45, 7) is 4.09. The molecule has 1 heterocycles. The summed E-state index contributed by atoms with van der Waals surface area (Å²) < 4.78 is 3.07. The zero-order valence-corrected chi connectivity index (χ0v) is 13.8. The number of nitrogens with one attached hydrogen (secondary N) is 1. The van der Waals surface area contributed by atoms with Crippen molar-refractivity contribution < 1.29 is 0 Å². The summed E-state index contributed by atoms with van der Waals surface area (Å²) in [6.07, 6.45) is 0. The quantitative estimate of drug-likeness (QED) is 0.927. The van der Waals surface area contributed by atoms with E-state index in [2.05, 4.69) is 56.6 Å². The molecule has 2 rings (SSSR count). The van der Waals surface area contributed by atoms with E-state index < -0.39 is 0 Å². The molecule has 0 aliphatic carbocycles. The van der Waals surface area contributed by atoms with Crippen LogP contribution in [0.4, 0.5) is 0 Å². The molecule has 2 aromatic rings. The number of aromatic nitrogens is 3. The van der Waals surface area contributed by atoms with Crippen LogP contribution in [0.15, 0.2) is 32.7 Å². The molecule has 102 valence electrons. The maximum Gasteiger partial charge on any atom is 0.195 e. The fraction of sp³-hybridized carbons (Fsp3) is 0.385. The molecule has 4 nitrogen and oxygen atoms in total. The highest BCUT2D eigenvalue weighted by Crippen LogP contribution is 2.34. The highest BCUT2D eigenvalue weighted by Gasteiger charge is 2.11. The molecular weight excluding hydrogens is 324 g/mol. The van der Waals surface area contributed by atoms with Gasteiger partial charge in [-0.05, 0) is 66.3 Å². The Labute approximate surface area is 126 Å². The Bertz CT molecular complexity index is 582. The van der Waals surface area contributed by atoms with Crippen LogP contribution >= 0.6 is 27.7 Å². The maximum atomic E-state index is 4.17. The van der Waals surface area contributed by atoms with E-state index in [9.17, 15) is 0 Å². The second-order valence-electron chi connectivity index (χ2n) is 4.39. The topological polar surface area (TPSA) is 42.7 Å². The lowest BCUT2D eigenvalue weighted by atomic mass is 10.1. The van der Waals surface area contributed by atoms with E-state index in [1.807, 2.05) is 25.6 Å². The summed E-state index contributed by atoms with van der Waals surface area (Å²) in [5.74, 6) is 0.916. The standard InChI is InChI=1S/C13H17BrN4S/c1-8(15-3)10-5-6-12(11(14)7-10)19-13-17-16-9(2)18(13)4/h5-8,15H,1-4H3. The third-order valence-corrected chi connectivity index (χ3v) is 5.18. The average molecular weight is 341 g/mol. The molecule has 0 saturated carbocycles. The van der Waals surface area contributed by atoms with Gasteiger partial charge in [0.05, 0.1) is 0 Å². The van der Waals surface area contributed by atoms with Crippen LogP contribution in [-0.4, -0.2) is 21.8 Å². The number of halogens is 1. The second-order valence-corrected chi connectivity index (χ2v) is 6.25. The van der Waals surface area contributed by atoms with Gasteiger partial charge in [0.1, 0.15) is 5.82 Å². The Morgan fingerprint density at radius 2 is 2.11 bits per heavy atom. The molecule has 1 N–H and O–H groups in total. The van der Waals surface area contributed by atoms with Gasteiger partial charge in [0.2, 0.25) is 0 Å². The zero-order valence-electron chi connectivity index (χ0n) is 11.4. The van der Waals surface area contributed by atoms with Crippen molar-refractivity contribution in [3.63, 3.8) is 0 Å². The predicted octanol–water partition coefficient (Wildman–Crippen LogP) is 3.32. The van der Waals surface area contributed by atoms with Gasteiger partial charge in [0.25, 0.3) is 0 Å². The van der Waals surface area contributed by atoms with Crippen molar-refractivity contribution in [2.24, 2.45) is 7.05 Å². The highest BCUT2D eigenvalue weighted by atomic mass is 79.9. The number of benzene rings is 1. The monoisotopic (exact) mass is 340 g/mol. The molecule has 0 amide bonds. The Balaban J connectivity index is 2.24. The first-order chi connectivity index (χ1) is 9.02. The van der Waals surface area contributed by atoms with Gasteiger partial charge < -0.3 is 9.88 Å². The molecule has 0 aliphatic rings. The zero-order chi connectivity index (χ0) is 14.0. The first kappa shape index (κ1) is 14.6. The molecule has 1 aromatic heterocycles. The maximum absolute atomic E-state index is 4.17. The first-order valence-corrected chi connectivity index (χ1v) is 7.64. The van der Waals surface area contributed by atoms with Gasteiger partial charge in [-0.25, -0.2) is 0 Å². The van der Waals surface area contributed by atoms with Crippen LogP contribution in [0.2, 0.25) is 0 Å². The minimum atomic E-state index is 0.340. The van der Waals surface area contributed by atoms with E-state index in [4.69, 9.17) is 0 Å². The van der Waals surface area contributed by atoms with E-state index in [1.54, 1.807) is 11.8 Å². The Hall–Kier alpha value is -0.850. The molecule has 6 heteroatoms. The van der Waals surface area contributed by atoms with Crippen molar-refractivity contribution in [3.8, 4) is 0 Å². The molecule has 1 unspecified atom stereocenters. The summed E-state index contributed by atoms with van der Waals surface area (Å²) in [4.78, 5) is 1.14. The summed E-state index contributed by atoms with van der Waals surface area (Å²) >= 11 is 5.24. The van der Waals surface area contributed by atoms with Crippen molar-refractivity contribution in [2.75, 3.05) is 7.05 Å². The molecule has 0 aliphatic heterocycles. The third-order valence-electron chi connectivity index (χ3n) is 3.14. The largest absolute Gasteiger partial charge is 0.313 e. The van der Waals surface area contributed by atoms with Gasteiger partial charge in [0.15, 0.2) is 5.16 Å². The molecule has 19 heavy (non-hydrogen) atoms. The van der Waals surface area contributed by atoms with Crippen LogP contribution < -0.4 is 5.32 Å². The summed E-state index contributed by atoms with van der Waals surface area (Å²) in [5, 5.41) is 12.4. The lowest BCUT2D eigenvalue weighted by Gasteiger charge is -2.12. The summed E-state index contributed by atoms with van der Waals surface area (Å²) in [6, 6.07) is 6.74. The SMILES string of the molecule is CNC(C)c1ccc(Sc2nnc(C)n2C)c(Br)c1. The average Bonchev–Trinajstić information content (AvgIpc) is 2.72. The predicted molar refractivity (Wildman–Crippen MR) is 81.5 cm³/mol. The number of nitrogens with zero attached hydrogens (tertiary/aromatic N) is 3. The number of hydrogen-bond donors (Lipinski definition) is 1. The molecule has 1 atom stereocenters. The minimum absolute atomic E-state index is 0.340. The van der Waals surface area contributed by atoms with Gasteiger partial charge in [-0.1, -0.05) is 6.07 Å². The molecule has 0 saturated heterocycles. The minimum Gasteiger partial charge on any atom is -0.313 e. The van der Waals surface area contributed by atoms with Gasteiger partial charge in [0, 0.05) is 22.5 Å². The van der Waals surface area contributed by atoms with Crippen molar-refractivity contribution in [3.05, 3.63) is 34.1 Å². The van der Waals surface area contributed by atoms with Crippen molar-refractivity contribution >= 4 is 27.7 Å². The number of hydrogen-bond acceptors (Lipinski definition) is 4. The Kier molecular flexibility index (Phi) is 4.65. The van der Waals surface area contributed by atoms with Gasteiger partial charge in [-0.2, -0.15) is 0 Å². The van der Waals surface area contributed by atoms with Crippen LogP contribution in [-0.2, 0) is 7.05 Å². The van der Waals surface area contributed by atoms with Crippen LogP contribution in [0.3, 0.4) is 0 Å². The van der Waals surface area contributed by atoms with Crippen LogP contribution in [0.5, 0.6) is 0 Å². The molecule has 0 fully saturated rings. The van der Waals surface area contributed by atoms with Crippen molar-refractivity contribution in [2.45, 2.75) is 29.9 Å². The number of aryl methyl sites for hydroxylation is 1. The van der Waals surface area contributed by atoms with Gasteiger partial charge >= 0.3 is 0 Å². The van der Waals surface area contributed by atoms with E-state index in [1.165, 1.54) is 5.56 Å². The van der Waals surface area contributed by atoms with Crippen molar-refractivity contribution in [1.29, 1.82) is 0 Å². The number of rotatable bonds is 4. The second kappa shape index (κ2) is 6.07. The lowest BCUT2D eigenvalue weighted by molar-refractivity contribution is 0.651. The van der Waals surface area contributed by atoms with Gasteiger partial charge in [-0.3, -0.25) is 0 Å². The Morgan fingerprint density at radius 1 is 1.37 bits per heavy atom. The highest BCUT2D eigenvalue weighted by molar-refractivity contribution is 9.10. The van der Waals surface area contributed by atoms with Crippen LogP contribution in [0, 0.1) is 6.92 Å². The smallest absolute Gasteiger partial charge is 0.195 e. The van der Waals surface area contributed by atoms with Crippen LogP contribution in [0.25, 0.3) is 0 Å². The molecule has 0 bridgehead atoms. The normalized spacial score (nSPS) is 12.7. The fourth-order valence-electron chi connectivity index (χ4n) is 1.61. The van der Waals surface area contributed by atoms with Crippen LogP contribution in [0.1, 0.15) is 24.4 Å². The molecule has 0 spiro atoms. The molecule has 1 aromatic carbocycles.